The van der Waals surface area contributed by atoms with Crippen molar-refractivity contribution < 1.29 is 27.5 Å². The highest BCUT2D eigenvalue weighted by atomic mass is 31.2. The molecule has 2 aromatic heterocycles. The van der Waals surface area contributed by atoms with Gasteiger partial charge < -0.3 is 19.7 Å². The van der Waals surface area contributed by atoms with Gasteiger partial charge in [-0.25, -0.2) is 9.37 Å². The molecule has 0 radical (unpaired) electrons. The van der Waals surface area contributed by atoms with E-state index in [1.165, 1.54) is 17.8 Å². The molecule has 0 saturated carbocycles. The van der Waals surface area contributed by atoms with Gasteiger partial charge in [-0.1, -0.05) is 0 Å². The average molecular weight is 429 g/mol. The molecule has 2 N–H and O–H groups in total. The lowest BCUT2D eigenvalue weighted by Gasteiger charge is -2.35. The first-order valence-electron chi connectivity index (χ1n) is 9.57. The predicted octanol–water partition coefficient (Wildman–Crippen LogP) is 2.84. The van der Waals surface area contributed by atoms with E-state index in [0.717, 1.165) is 0 Å². The summed E-state index contributed by atoms with van der Waals surface area (Å²) in [4.78, 5) is 12.5. The molecule has 2 aromatic rings. The Hall–Kier alpha value is -1.81. The maximum Gasteiger partial charge on any atom is 0.331 e. The molecule has 12 heteroatoms. The Bertz CT molecular complexity index is 967. The summed E-state index contributed by atoms with van der Waals surface area (Å²) < 4.78 is 52.9. The number of hydrogen-bond donors (Lipinski definition) is 1. The molecule has 29 heavy (non-hydrogen) atoms. The molecule has 0 amide bonds. The van der Waals surface area contributed by atoms with E-state index in [1.807, 2.05) is 0 Å². The van der Waals surface area contributed by atoms with Gasteiger partial charge in [0.25, 0.3) is 0 Å². The predicted molar refractivity (Wildman–Crippen MR) is 103 cm³/mol. The zero-order chi connectivity index (χ0) is 21.0. The lowest BCUT2D eigenvalue weighted by atomic mass is 9.97. The standard InChI is InChI=1S/C17H25FN5O5P/c1-5-25-14-11-13(21-16(19)22-14)23(8-20-11)15-17(4,18)12-10(26-15)6-7-29(24,28-12)27-9(2)3/h8-10,12,15H,5-7H2,1-4H3,(H2,19,21,22)/t10-,12-,15-,17-,29-/m1/s1. The largest absolute Gasteiger partial charge is 0.476 e. The van der Waals surface area contributed by atoms with Gasteiger partial charge in [-0.2, -0.15) is 9.97 Å². The van der Waals surface area contributed by atoms with Crippen LogP contribution in [0.5, 0.6) is 5.88 Å². The van der Waals surface area contributed by atoms with E-state index >= 15 is 4.39 Å². The third-order valence-electron chi connectivity index (χ3n) is 4.95. The minimum absolute atomic E-state index is 0.0234. The average Bonchev–Trinajstić information content (AvgIpc) is 3.13. The summed E-state index contributed by atoms with van der Waals surface area (Å²) in [6.07, 6.45) is -1.08. The minimum Gasteiger partial charge on any atom is -0.476 e. The lowest BCUT2D eigenvalue weighted by molar-refractivity contribution is -0.0448. The Morgan fingerprint density at radius 3 is 2.93 bits per heavy atom. The van der Waals surface area contributed by atoms with Crippen molar-refractivity contribution in [1.29, 1.82) is 0 Å². The SMILES string of the molecule is CCOc1nc(N)nc2c1ncn2[C@@H]1O[C@@H]2CC[P@@](=O)(OC(C)C)O[C@H]2[C@@]1(C)F. The summed E-state index contributed by atoms with van der Waals surface area (Å²) in [7, 11) is -3.41. The first-order valence-corrected chi connectivity index (χ1v) is 11.3. The number of alkyl halides is 1. The number of nitrogen functional groups attached to an aromatic ring is 1. The second kappa shape index (κ2) is 7.16. The quantitative estimate of drug-likeness (QED) is 0.715. The molecule has 0 aromatic carbocycles. The van der Waals surface area contributed by atoms with Crippen LogP contribution in [0.3, 0.4) is 0 Å². The van der Waals surface area contributed by atoms with E-state index in [0.29, 0.717) is 18.5 Å². The summed E-state index contributed by atoms with van der Waals surface area (Å²) in [5.41, 5.74) is 4.42. The van der Waals surface area contributed by atoms with Gasteiger partial charge in [0.05, 0.1) is 31.3 Å². The van der Waals surface area contributed by atoms with Crippen molar-refractivity contribution in [3.8, 4) is 5.88 Å². The first-order chi connectivity index (χ1) is 13.6. The van der Waals surface area contributed by atoms with Gasteiger partial charge in [-0.05, 0) is 34.1 Å². The van der Waals surface area contributed by atoms with Crippen LogP contribution in [0.4, 0.5) is 10.3 Å². The lowest BCUT2D eigenvalue weighted by Crippen LogP contribution is -2.43. The summed E-state index contributed by atoms with van der Waals surface area (Å²) in [5.74, 6) is 0.195. The van der Waals surface area contributed by atoms with Crippen LogP contribution in [0.25, 0.3) is 11.2 Å². The van der Waals surface area contributed by atoms with E-state index in [4.69, 9.17) is 24.3 Å². The molecule has 0 bridgehead atoms. The molecule has 5 atom stereocenters. The van der Waals surface area contributed by atoms with Crippen LogP contribution in [0.1, 0.15) is 40.3 Å². The number of rotatable bonds is 5. The summed E-state index contributed by atoms with van der Waals surface area (Å²) in [6, 6.07) is 0. The zero-order valence-corrected chi connectivity index (χ0v) is 17.6. The van der Waals surface area contributed by atoms with Gasteiger partial charge in [-0.3, -0.25) is 13.7 Å². The molecule has 0 unspecified atom stereocenters. The van der Waals surface area contributed by atoms with E-state index in [2.05, 4.69) is 15.0 Å². The van der Waals surface area contributed by atoms with Crippen molar-refractivity contribution in [2.24, 2.45) is 0 Å². The Morgan fingerprint density at radius 1 is 1.48 bits per heavy atom. The number of ether oxygens (including phenoxy) is 2. The van der Waals surface area contributed by atoms with Crippen LogP contribution in [-0.4, -0.2) is 56.3 Å². The third kappa shape index (κ3) is 3.50. The van der Waals surface area contributed by atoms with Gasteiger partial charge in [0.15, 0.2) is 23.1 Å². The number of nitrogens with two attached hydrogens (primary N) is 1. The molecule has 0 spiro atoms. The molecule has 2 saturated heterocycles. The molecule has 160 valence electrons. The topological polar surface area (TPSA) is 124 Å². The Labute approximate surface area is 167 Å². The molecule has 10 nitrogen and oxygen atoms in total. The molecule has 4 heterocycles. The van der Waals surface area contributed by atoms with Crippen molar-refractivity contribution in [2.45, 2.75) is 64.3 Å². The van der Waals surface area contributed by atoms with Crippen LogP contribution in [0.15, 0.2) is 6.33 Å². The maximum absolute atomic E-state index is 16.0. The molecular formula is C17H25FN5O5P. The smallest absolute Gasteiger partial charge is 0.331 e. The van der Waals surface area contributed by atoms with E-state index < -0.39 is 31.7 Å². The van der Waals surface area contributed by atoms with E-state index in [-0.39, 0.29) is 29.7 Å². The van der Waals surface area contributed by atoms with Crippen molar-refractivity contribution in [1.82, 2.24) is 19.5 Å². The highest BCUT2D eigenvalue weighted by Crippen LogP contribution is 2.60. The molecule has 4 rings (SSSR count). The van der Waals surface area contributed by atoms with Crippen LogP contribution < -0.4 is 10.5 Å². The van der Waals surface area contributed by atoms with Crippen molar-refractivity contribution >= 4 is 24.7 Å². The number of anilines is 1. The van der Waals surface area contributed by atoms with Gasteiger partial charge in [0.1, 0.15) is 6.10 Å². The van der Waals surface area contributed by atoms with Crippen LogP contribution in [0.2, 0.25) is 0 Å². The first kappa shape index (κ1) is 20.5. The van der Waals surface area contributed by atoms with Gasteiger partial charge >= 0.3 is 7.60 Å². The van der Waals surface area contributed by atoms with E-state index in [1.54, 1.807) is 20.8 Å². The Balaban J connectivity index is 1.70. The number of hydrogen-bond acceptors (Lipinski definition) is 9. The normalized spacial score (nSPS) is 34.6. The molecule has 2 aliphatic rings. The number of imidazole rings is 1. The maximum atomic E-state index is 16.0. The summed E-state index contributed by atoms with van der Waals surface area (Å²) >= 11 is 0. The molecule has 2 fully saturated rings. The summed E-state index contributed by atoms with van der Waals surface area (Å²) in [6.45, 7) is 7.04. The van der Waals surface area contributed by atoms with Crippen LogP contribution >= 0.6 is 7.60 Å². The highest BCUT2D eigenvalue weighted by molar-refractivity contribution is 7.53. The molecule has 2 aliphatic heterocycles. The second-order valence-corrected chi connectivity index (χ2v) is 9.72. The number of nitrogens with zero attached hydrogens (tertiary/aromatic N) is 4. The monoisotopic (exact) mass is 429 g/mol. The zero-order valence-electron chi connectivity index (χ0n) is 16.7. The highest BCUT2D eigenvalue weighted by Gasteiger charge is 2.61. The van der Waals surface area contributed by atoms with Crippen molar-refractivity contribution in [3.63, 3.8) is 0 Å². The van der Waals surface area contributed by atoms with Gasteiger partial charge in [-0.15, -0.1) is 0 Å². The van der Waals surface area contributed by atoms with Crippen molar-refractivity contribution in [3.05, 3.63) is 6.33 Å². The Morgan fingerprint density at radius 2 is 2.24 bits per heavy atom. The van der Waals surface area contributed by atoms with Gasteiger partial charge in [0.2, 0.25) is 11.8 Å². The number of fused-ring (bicyclic) bond motifs is 2. The fourth-order valence-corrected chi connectivity index (χ4v) is 5.99. The molecule has 0 aliphatic carbocycles. The minimum atomic E-state index is -3.41. The van der Waals surface area contributed by atoms with Gasteiger partial charge in [0, 0.05) is 0 Å². The number of halogens is 1. The number of aromatic nitrogens is 4. The second-order valence-electron chi connectivity index (χ2n) is 7.63. The fourth-order valence-electron chi connectivity index (χ4n) is 3.83. The van der Waals surface area contributed by atoms with Crippen LogP contribution in [0, 0.1) is 0 Å². The van der Waals surface area contributed by atoms with Crippen LogP contribution in [-0.2, 0) is 18.3 Å². The molecular weight excluding hydrogens is 404 g/mol. The third-order valence-corrected chi connectivity index (χ3v) is 7.05. The van der Waals surface area contributed by atoms with Crippen molar-refractivity contribution in [2.75, 3.05) is 18.5 Å². The Kier molecular flexibility index (Phi) is 5.05. The fraction of sp³-hybridized carbons (Fsp3) is 0.706. The summed E-state index contributed by atoms with van der Waals surface area (Å²) in [5, 5.41) is 0. The van der Waals surface area contributed by atoms with E-state index in [9.17, 15) is 4.57 Å².